The van der Waals surface area contributed by atoms with Crippen LogP contribution in [0.4, 0.5) is 0 Å². The topological polar surface area (TPSA) is 59.1 Å². The number of hydrogen-bond acceptors (Lipinski definition) is 5. The first-order chi connectivity index (χ1) is 28.3. The van der Waals surface area contributed by atoms with Gasteiger partial charge in [-0.3, -0.25) is 0 Å². The summed E-state index contributed by atoms with van der Waals surface area (Å²) in [6, 6.07) is 66.0. The Balaban J connectivity index is 1.05. The monoisotopic (exact) mass is 731 g/mol. The van der Waals surface area contributed by atoms with Gasteiger partial charge in [-0.1, -0.05) is 164 Å². The number of aliphatic imine (C=N–C) groups is 2. The van der Waals surface area contributed by atoms with E-state index in [1.807, 2.05) is 36.4 Å². The predicted octanol–water partition coefficient (Wildman–Crippen LogP) is 12.2. The molecule has 2 aliphatic heterocycles. The first-order valence-corrected chi connectivity index (χ1v) is 19.4. The molecule has 5 nitrogen and oxygen atoms in total. The van der Waals surface area contributed by atoms with Crippen LogP contribution in [0, 0.1) is 0 Å². The second kappa shape index (κ2) is 12.3. The lowest BCUT2D eigenvalue weighted by Crippen LogP contribution is -2.33. The number of nitrogens with one attached hydrogen (secondary N) is 1. The van der Waals surface area contributed by atoms with Crippen LogP contribution >= 0.6 is 0 Å². The minimum atomic E-state index is -0.555. The van der Waals surface area contributed by atoms with Crippen molar-refractivity contribution >= 4 is 33.6 Å². The summed E-state index contributed by atoms with van der Waals surface area (Å²) in [5.41, 5.74) is 13.3. The minimum Gasteiger partial charge on any atom is -0.457 e. The molecule has 0 saturated heterocycles. The molecule has 1 aliphatic carbocycles. The summed E-state index contributed by atoms with van der Waals surface area (Å²) in [5.74, 6) is 3.13. The van der Waals surface area contributed by atoms with Gasteiger partial charge in [-0.25, -0.2) is 9.98 Å². The van der Waals surface area contributed by atoms with E-state index in [1.165, 1.54) is 22.3 Å². The van der Waals surface area contributed by atoms with Gasteiger partial charge in [-0.15, -0.1) is 0 Å². The van der Waals surface area contributed by atoms with Crippen molar-refractivity contribution < 1.29 is 9.15 Å². The molecule has 9 aromatic rings. The van der Waals surface area contributed by atoms with Gasteiger partial charge in [0.05, 0.1) is 11.0 Å². The molecule has 0 amide bonds. The number of benzene rings is 8. The van der Waals surface area contributed by atoms with Crippen molar-refractivity contribution in [1.82, 2.24) is 5.32 Å². The van der Waals surface area contributed by atoms with Crippen molar-refractivity contribution in [3.05, 3.63) is 227 Å². The molecular weight excluding hydrogens is 699 g/mol. The van der Waals surface area contributed by atoms with Gasteiger partial charge in [0.15, 0.2) is 5.84 Å². The van der Waals surface area contributed by atoms with Crippen molar-refractivity contribution in [3.8, 4) is 33.8 Å². The highest BCUT2D eigenvalue weighted by Gasteiger charge is 2.51. The average Bonchev–Trinajstić information content (AvgIpc) is 3.81. The predicted molar refractivity (Wildman–Crippen MR) is 228 cm³/mol. The number of nitrogens with zero attached hydrogens (tertiary/aromatic N) is 2. The van der Waals surface area contributed by atoms with Crippen molar-refractivity contribution in [1.29, 1.82) is 0 Å². The Labute approximate surface area is 329 Å². The quantitative estimate of drug-likeness (QED) is 0.196. The van der Waals surface area contributed by atoms with E-state index in [9.17, 15) is 0 Å². The number of amidine groups is 2. The molecule has 1 aromatic heterocycles. The fourth-order valence-electron chi connectivity index (χ4n) is 9.37. The van der Waals surface area contributed by atoms with Gasteiger partial charge in [0, 0.05) is 33.0 Å². The molecule has 1 unspecified atom stereocenters. The van der Waals surface area contributed by atoms with Gasteiger partial charge in [-0.2, -0.15) is 0 Å². The van der Waals surface area contributed by atoms with Crippen LogP contribution in [0.15, 0.2) is 202 Å². The maximum atomic E-state index is 7.04. The largest absolute Gasteiger partial charge is 0.457 e. The lowest BCUT2D eigenvalue weighted by Gasteiger charge is -2.39. The number of hydrogen-bond donors (Lipinski definition) is 1. The Bertz CT molecular complexity index is 3100. The van der Waals surface area contributed by atoms with Crippen LogP contribution in [0.25, 0.3) is 44.2 Å². The molecule has 3 aliphatic rings. The highest BCUT2D eigenvalue weighted by atomic mass is 16.5. The van der Waals surface area contributed by atoms with Gasteiger partial charge >= 0.3 is 0 Å². The lowest BCUT2D eigenvalue weighted by molar-refractivity contribution is 0.436. The number of para-hydroxylation sites is 3. The SMILES string of the molecule is c1ccc(C2=NC(c3ccccc3)NC(c3cccc4c3oc3c(-c5ccc6c(c5)C5(c7ccccc7O6)c6ccccc6-c6ccccc65)cccc34)=N2)cc1. The van der Waals surface area contributed by atoms with Crippen LogP contribution in [0.3, 0.4) is 0 Å². The summed E-state index contributed by atoms with van der Waals surface area (Å²) >= 11 is 0. The molecule has 0 fully saturated rings. The molecule has 0 bridgehead atoms. The third kappa shape index (κ3) is 4.63. The second-order valence-corrected chi connectivity index (χ2v) is 14.9. The van der Waals surface area contributed by atoms with E-state index in [0.29, 0.717) is 11.7 Å². The highest BCUT2D eigenvalue weighted by molar-refractivity contribution is 6.20. The third-order valence-corrected chi connectivity index (χ3v) is 11.8. The molecule has 3 heterocycles. The summed E-state index contributed by atoms with van der Waals surface area (Å²) in [7, 11) is 0. The van der Waals surface area contributed by atoms with Crippen LogP contribution in [-0.2, 0) is 5.41 Å². The van der Waals surface area contributed by atoms with E-state index in [0.717, 1.165) is 72.4 Å². The van der Waals surface area contributed by atoms with E-state index < -0.39 is 5.41 Å². The number of furan rings is 1. The molecule has 0 saturated carbocycles. The van der Waals surface area contributed by atoms with Crippen molar-refractivity contribution in [3.63, 3.8) is 0 Å². The standard InChI is InChI=1S/C52H33N3O2/c1-3-15-32(16-4-1)49-53-50(33-17-5-2-6-18-33)55-51(54-49)40-24-14-23-39-38-22-13-21-35(47(38)57-48(39)40)34-29-30-46-44(31-34)52(43-27-11-12-28-45(43)56-46)41-25-9-7-19-36(41)37-20-8-10-26-42(37)52/h1-31,49H,(H,53,54,55). The van der Waals surface area contributed by atoms with Crippen LogP contribution in [0.2, 0.25) is 0 Å². The Morgan fingerprint density at radius 2 is 1.04 bits per heavy atom. The van der Waals surface area contributed by atoms with E-state index in [1.54, 1.807) is 0 Å². The summed E-state index contributed by atoms with van der Waals surface area (Å²) < 4.78 is 13.8. The molecule has 1 spiro atoms. The number of rotatable bonds is 4. The minimum absolute atomic E-state index is 0.315. The van der Waals surface area contributed by atoms with Gasteiger partial charge in [0.25, 0.3) is 0 Å². The third-order valence-electron chi connectivity index (χ3n) is 11.8. The zero-order valence-corrected chi connectivity index (χ0v) is 30.7. The molecule has 1 N–H and O–H groups in total. The van der Waals surface area contributed by atoms with E-state index in [-0.39, 0.29) is 6.17 Å². The van der Waals surface area contributed by atoms with E-state index in [4.69, 9.17) is 19.1 Å². The zero-order valence-electron chi connectivity index (χ0n) is 30.7. The molecule has 57 heavy (non-hydrogen) atoms. The summed E-state index contributed by atoms with van der Waals surface area (Å²) in [6.45, 7) is 0. The second-order valence-electron chi connectivity index (χ2n) is 14.9. The molecule has 8 aromatic carbocycles. The summed E-state index contributed by atoms with van der Waals surface area (Å²) in [5, 5.41) is 5.71. The number of ether oxygens (including phenoxy) is 1. The summed E-state index contributed by atoms with van der Waals surface area (Å²) in [4.78, 5) is 10.2. The van der Waals surface area contributed by atoms with Gasteiger partial charge in [-0.05, 0) is 57.6 Å². The normalized spacial score (nSPS) is 15.8. The number of fused-ring (bicyclic) bond motifs is 12. The molecule has 12 rings (SSSR count). The lowest BCUT2D eigenvalue weighted by atomic mass is 9.66. The van der Waals surface area contributed by atoms with Crippen LogP contribution < -0.4 is 10.1 Å². The Kier molecular flexibility index (Phi) is 6.84. The molecule has 268 valence electrons. The van der Waals surface area contributed by atoms with Gasteiger partial charge in [0.2, 0.25) is 0 Å². The van der Waals surface area contributed by atoms with Gasteiger partial charge in [0.1, 0.15) is 34.7 Å². The van der Waals surface area contributed by atoms with E-state index >= 15 is 0 Å². The van der Waals surface area contributed by atoms with Crippen molar-refractivity contribution in [2.75, 3.05) is 0 Å². The Hall–Kier alpha value is -7.50. The summed E-state index contributed by atoms with van der Waals surface area (Å²) in [6.07, 6.45) is -0.315. The van der Waals surface area contributed by atoms with Gasteiger partial charge < -0.3 is 14.5 Å². The van der Waals surface area contributed by atoms with Crippen molar-refractivity contribution in [2.24, 2.45) is 9.98 Å². The molecule has 5 heteroatoms. The van der Waals surface area contributed by atoms with Crippen molar-refractivity contribution in [2.45, 2.75) is 11.6 Å². The smallest absolute Gasteiger partial charge is 0.159 e. The highest BCUT2D eigenvalue weighted by Crippen LogP contribution is 2.62. The van der Waals surface area contributed by atoms with Crippen LogP contribution in [-0.4, -0.2) is 11.7 Å². The zero-order chi connectivity index (χ0) is 37.5. The average molecular weight is 732 g/mol. The van der Waals surface area contributed by atoms with Crippen LogP contribution in [0.5, 0.6) is 11.5 Å². The first-order valence-electron chi connectivity index (χ1n) is 19.4. The molecular formula is C52H33N3O2. The Morgan fingerprint density at radius 1 is 0.456 bits per heavy atom. The molecule has 1 atom stereocenters. The van der Waals surface area contributed by atoms with Crippen LogP contribution in [0.1, 0.15) is 45.1 Å². The Morgan fingerprint density at radius 3 is 1.77 bits per heavy atom. The first kappa shape index (κ1) is 31.8. The maximum Gasteiger partial charge on any atom is 0.159 e. The maximum absolute atomic E-state index is 7.04. The fourth-order valence-corrected chi connectivity index (χ4v) is 9.37. The fraction of sp³-hybridized carbons (Fsp3) is 0.0385. The molecule has 0 radical (unpaired) electrons. The van der Waals surface area contributed by atoms with E-state index in [2.05, 4.69) is 157 Å².